The van der Waals surface area contributed by atoms with Gasteiger partial charge in [-0.1, -0.05) is 56.3 Å². The molecule has 0 amide bonds. The topological polar surface area (TPSA) is 67.8 Å². The van der Waals surface area contributed by atoms with Crippen LogP contribution in [0.4, 0.5) is 0 Å². The van der Waals surface area contributed by atoms with Crippen molar-refractivity contribution in [2.75, 3.05) is 7.11 Å². The summed E-state index contributed by atoms with van der Waals surface area (Å²) in [5.74, 6) is 1.23. The van der Waals surface area contributed by atoms with Crippen molar-refractivity contribution in [2.24, 2.45) is 0 Å². The minimum Gasteiger partial charge on any atom is -0.736 e. The molecule has 0 aliphatic rings. The summed E-state index contributed by atoms with van der Waals surface area (Å²) in [6.07, 6.45) is 1.71. The first-order valence-electron chi connectivity index (χ1n) is 10.2. The van der Waals surface area contributed by atoms with E-state index in [4.69, 9.17) is 13.8 Å². The molecule has 0 aliphatic heterocycles. The molecule has 0 saturated carbocycles. The Morgan fingerprint density at radius 1 is 0.719 bits per heavy atom. The van der Waals surface area contributed by atoms with Gasteiger partial charge in [-0.15, -0.1) is 0 Å². The molecule has 0 aromatic heterocycles. The third-order valence-electron chi connectivity index (χ3n) is 4.89. The maximum atomic E-state index is 12.2. The number of allylic oxidation sites excluding steroid dienone is 2. The summed E-state index contributed by atoms with van der Waals surface area (Å²) in [7, 11) is -2.89. The van der Waals surface area contributed by atoms with Gasteiger partial charge in [0.1, 0.15) is 17.2 Å². The van der Waals surface area contributed by atoms with Crippen molar-refractivity contribution in [2.45, 2.75) is 26.7 Å². The van der Waals surface area contributed by atoms with E-state index in [1.807, 2.05) is 24.3 Å². The largest absolute Gasteiger partial charge is 1.00 e. The molecule has 3 rings (SSSR count). The van der Waals surface area contributed by atoms with Crippen LogP contribution in [0.3, 0.4) is 0 Å². The number of phosphoric acid groups is 1. The van der Waals surface area contributed by atoms with Crippen LogP contribution < -0.4 is 48.2 Å². The average Bonchev–Trinajstić information content (AvgIpc) is 2.78. The summed E-state index contributed by atoms with van der Waals surface area (Å²) in [6, 6.07) is 23.3. The molecule has 3 aromatic rings. The predicted octanol–water partition coefficient (Wildman–Crippen LogP) is 3.36. The fourth-order valence-corrected chi connectivity index (χ4v) is 4.25. The number of hydrogen-bond acceptors (Lipinski definition) is 5. The van der Waals surface area contributed by atoms with Gasteiger partial charge in [-0.2, -0.15) is 0 Å². The first-order chi connectivity index (χ1) is 15.0. The van der Waals surface area contributed by atoms with Crippen LogP contribution in [0.2, 0.25) is 0 Å². The van der Waals surface area contributed by atoms with Crippen LogP contribution in [0.5, 0.6) is 17.2 Å². The normalized spacial score (nSPS) is 13.2. The summed E-state index contributed by atoms with van der Waals surface area (Å²) in [5.41, 5.74) is 4.60. The third kappa shape index (κ3) is 6.99. The summed E-state index contributed by atoms with van der Waals surface area (Å²) in [6.45, 7) is 4.24. The fourth-order valence-electron chi connectivity index (χ4n) is 3.45. The SMILES string of the molecule is CC/C(=C(/CC)c1ccc(OP(=O)([O-])Oc2ccccc2)cc1)c1ccc(OC)cc1.[Na+]. The average molecular weight is 460 g/mol. The molecule has 1 atom stereocenters. The van der Waals surface area contributed by atoms with Crippen LogP contribution in [0.15, 0.2) is 78.9 Å². The zero-order valence-electron chi connectivity index (χ0n) is 18.9. The molecule has 7 heteroatoms. The van der Waals surface area contributed by atoms with Gasteiger partial charge in [0.15, 0.2) is 0 Å². The Morgan fingerprint density at radius 2 is 1.12 bits per heavy atom. The minimum atomic E-state index is -4.54. The van der Waals surface area contributed by atoms with Crippen molar-refractivity contribution < 1.29 is 52.8 Å². The molecule has 0 fully saturated rings. The van der Waals surface area contributed by atoms with Crippen LogP contribution in [0.25, 0.3) is 11.1 Å². The van der Waals surface area contributed by atoms with Crippen LogP contribution in [0, 0.1) is 0 Å². The van der Waals surface area contributed by atoms with Crippen LogP contribution in [-0.4, -0.2) is 7.11 Å². The van der Waals surface area contributed by atoms with E-state index in [9.17, 15) is 9.46 Å². The quantitative estimate of drug-likeness (QED) is 0.278. The van der Waals surface area contributed by atoms with Gasteiger partial charge >= 0.3 is 37.4 Å². The molecule has 0 radical (unpaired) electrons. The van der Waals surface area contributed by atoms with Crippen molar-refractivity contribution in [3.63, 3.8) is 0 Å². The third-order valence-corrected chi connectivity index (χ3v) is 5.76. The van der Waals surface area contributed by atoms with Crippen LogP contribution in [-0.2, 0) is 4.57 Å². The van der Waals surface area contributed by atoms with Crippen molar-refractivity contribution in [3.05, 3.63) is 90.0 Å². The molecule has 0 N–H and O–H groups in total. The maximum absolute atomic E-state index is 12.2. The Morgan fingerprint density at radius 3 is 1.53 bits per heavy atom. The molecule has 1 unspecified atom stereocenters. The zero-order chi connectivity index (χ0) is 22.3. The van der Waals surface area contributed by atoms with E-state index in [1.165, 1.54) is 11.1 Å². The molecule has 32 heavy (non-hydrogen) atoms. The molecule has 0 aliphatic carbocycles. The zero-order valence-corrected chi connectivity index (χ0v) is 21.8. The van der Waals surface area contributed by atoms with Gasteiger partial charge in [0.05, 0.1) is 7.11 Å². The second kappa shape index (κ2) is 12.3. The number of hydrogen-bond donors (Lipinski definition) is 0. The molecular formula is C25H26NaO5P. The first kappa shape index (κ1) is 26.2. The predicted molar refractivity (Wildman–Crippen MR) is 122 cm³/mol. The smallest absolute Gasteiger partial charge is 0.736 e. The Bertz CT molecular complexity index is 1060. The molecule has 0 heterocycles. The standard InChI is InChI=1S/C25H27O5P.Na/c1-4-24(19-11-15-21(28-3)16-12-19)25(5-2)20-13-17-23(18-14-20)30-31(26,27)29-22-9-7-6-8-10-22;/h6-18H,4-5H2,1-3H3,(H,26,27);/q;+1/p-1/b25-24+;. The molecule has 5 nitrogen and oxygen atoms in total. The van der Waals surface area contributed by atoms with Crippen molar-refractivity contribution in [1.82, 2.24) is 0 Å². The molecule has 3 aromatic carbocycles. The number of ether oxygens (including phenoxy) is 1. The van der Waals surface area contributed by atoms with Crippen molar-refractivity contribution in [3.8, 4) is 17.2 Å². The number of methoxy groups -OCH3 is 1. The van der Waals surface area contributed by atoms with Gasteiger partial charge in [-0.3, -0.25) is 0 Å². The maximum Gasteiger partial charge on any atom is 1.00 e. The number of phosphoric ester groups is 1. The molecule has 0 spiro atoms. The van der Waals surface area contributed by atoms with E-state index in [2.05, 4.69) is 26.0 Å². The summed E-state index contributed by atoms with van der Waals surface area (Å²) >= 11 is 0. The van der Waals surface area contributed by atoms with E-state index in [-0.39, 0.29) is 41.1 Å². The number of benzene rings is 3. The van der Waals surface area contributed by atoms with E-state index in [0.717, 1.165) is 29.7 Å². The minimum absolute atomic E-state index is 0. The molecule has 0 saturated heterocycles. The Kier molecular flexibility index (Phi) is 10.1. The van der Waals surface area contributed by atoms with Crippen LogP contribution in [0.1, 0.15) is 37.8 Å². The monoisotopic (exact) mass is 460 g/mol. The van der Waals surface area contributed by atoms with E-state index >= 15 is 0 Å². The number of para-hydroxylation sites is 1. The van der Waals surface area contributed by atoms with Gasteiger partial charge in [0.2, 0.25) is 0 Å². The van der Waals surface area contributed by atoms with E-state index < -0.39 is 7.82 Å². The molecule has 162 valence electrons. The van der Waals surface area contributed by atoms with Gasteiger partial charge in [-0.05, 0) is 71.5 Å². The van der Waals surface area contributed by atoms with Crippen molar-refractivity contribution >= 4 is 19.0 Å². The first-order valence-corrected chi connectivity index (χ1v) is 11.6. The van der Waals surface area contributed by atoms with Gasteiger partial charge < -0.3 is 18.7 Å². The Balaban J connectivity index is 0.00000363. The van der Waals surface area contributed by atoms with Gasteiger partial charge in [-0.25, -0.2) is 4.57 Å². The van der Waals surface area contributed by atoms with Gasteiger partial charge in [0, 0.05) is 0 Å². The van der Waals surface area contributed by atoms with E-state index in [0.29, 0.717) is 0 Å². The van der Waals surface area contributed by atoms with Gasteiger partial charge in [0.25, 0.3) is 0 Å². The number of rotatable bonds is 9. The second-order valence-corrected chi connectivity index (χ2v) is 8.12. The van der Waals surface area contributed by atoms with Crippen LogP contribution >= 0.6 is 7.82 Å². The Hall–Kier alpha value is -2.01. The summed E-state index contributed by atoms with van der Waals surface area (Å²) in [5, 5.41) is 0. The van der Waals surface area contributed by atoms with Crippen molar-refractivity contribution in [1.29, 1.82) is 0 Å². The molecular weight excluding hydrogens is 434 g/mol. The summed E-state index contributed by atoms with van der Waals surface area (Å²) in [4.78, 5) is 12.2. The fraction of sp³-hybridized carbons (Fsp3) is 0.200. The van der Waals surface area contributed by atoms with E-state index in [1.54, 1.807) is 49.6 Å². The molecule has 0 bridgehead atoms. The second-order valence-electron chi connectivity index (χ2n) is 6.86. The Labute approximate surface area is 212 Å². The summed E-state index contributed by atoms with van der Waals surface area (Å²) < 4.78 is 27.6.